The highest BCUT2D eigenvalue weighted by atomic mass is 32.1. The summed E-state index contributed by atoms with van der Waals surface area (Å²) in [5, 5.41) is 14.6. The van der Waals surface area contributed by atoms with Gasteiger partial charge in [0, 0.05) is 29.9 Å². The number of carbonyl (C=O) groups is 2. The molecule has 14 heteroatoms. The Labute approximate surface area is 220 Å². The standard InChI is InChI=1S/C24H30F5N5O3S/c1-11-7-6-8-34(11)22(36)17-18(38-21(33-17)20(35)32-12(2)23(4,5)37)15-10-30-16(9-14(15)19(25)26)31-13(3)24(27,28)29/h9-13,19,37H,6-8H2,1-5H3,(H,30,31)(H,32,35)/t11-,12-,13?/m0/s1. The van der Waals surface area contributed by atoms with E-state index in [-0.39, 0.29) is 27.2 Å². The number of aliphatic hydroxyl groups is 1. The van der Waals surface area contributed by atoms with Crippen molar-refractivity contribution in [3.8, 4) is 10.4 Å². The van der Waals surface area contributed by atoms with Crippen LogP contribution in [0.4, 0.5) is 27.8 Å². The summed E-state index contributed by atoms with van der Waals surface area (Å²) in [5.41, 5.74) is -2.38. The lowest BCUT2D eigenvalue weighted by atomic mass is 10.0. The van der Waals surface area contributed by atoms with Crippen molar-refractivity contribution in [3.63, 3.8) is 0 Å². The molecule has 3 rings (SSSR count). The number of rotatable bonds is 8. The SMILES string of the molecule is CC(Nc1cc(C(F)F)c(-c2sc(C(=O)N[C@@H](C)C(C)(C)O)nc2C(=O)N2CCC[C@@H]2C)cn1)C(F)(F)F. The van der Waals surface area contributed by atoms with E-state index in [2.05, 4.69) is 20.6 Å². The Bertz CT molecular complexity index is 1180. The fourth-order valence-corrected chi connectivity index (χ4v) is 4.77. The molecule has 3 heterocycles. The zero-order chi connectivity index (χ0) is 28.6. The number of nitrogens with zero attached hydrogens (tertiary/aromatic N) is 3. The molecule has 1 aliphatic heterocycles. The monoisotopic (exact) mass is 563 g/mol. The predicted octanol–water partition coefficient (Wildman–Crippen LogP) is 5.02. The number of alkyl halides is 5. The van der Waals surface area contributed by atoms with Crippen LogP contribution in [0.3, 0.4) is 0 Å². The van der Waals surface area contributed by atoms with Gasteiger partial charge in [0.1, 0.15) is 17.6 Å². The number of hydrogen-bond donors (Lipinski definition) is 3. The number of nitrogens with one attached hydrogen (secondary N) is 2. The van der Waals surface area contributed by atoms with Crippen LogP contribution in [0.5, 0.6) is 0 Å². The minimum Gasteiger partial charge on any atom is -0.388 e. The molecule has 1 aliphatic rings. The number of aromatic nitrogens is 2. The van der Waals surface area contributed by atoms with Crippen molar-refractivity contribution in [2.24, 2.45) is 0 Å². The Morgan fingerprint density at radius 2 is 1.87 bits per heavy atom. The molecule has 2 aromatic rings. The second kappa shape index (κ2) is 11.1. The number of carbonyl (C=O) groups excluding carboxylic acids is 2. The lowest BCUT2D eigenvalue weighted by Gasteiger charge is -2.26. The van der Waals surface area contributed by atoms with Gasteiger partial charge in [-0.1, -0.05) is 0 Å². The molecule has 2 aromatic heterocycles. The number of hydrogen-bond acceptors (Lipinski definition) is 7. The molecule has 0 radical (unpaired) electrons. The molecule has 2 amide bonds. The summed E-state index contributed by atoms with van der Waals surface area (Å²) in [5.74, 6) is -1.69. The summed E-state index contributed by atoms with van der Waals surface area (Å²) in [6.07, 6.45) is -5.32. The van der Waals surface area contributed by atoms with E-state index >= 15 is 0 Å². The molecule has 38 heavy (non-hydrogen) atoms. The normalized spacial score (nSPS) is 18.0. The average Bonchev–Trinajstić information content (AvgIpc) is 3.44. The number of anilines is 1. The predicted molar refractivity (Wildman–Crippen MR) is 132 cm³/mol. The van der Waals surface area contributed by atoms with Crippen molar-refractivity contribution >= 4 is 29.0 Å². The van der Waals surface area contributed by atoms with Crippen LogP contribution in [-0.2, 0) is 0 Å². The van der Waals surface area contributed by atoms with Gasteiger partial charge in [-0.2, -0.15) is 13.2 Å². The Hall–Kier alpha value is -2.87. The Balaban J connectivity index is 2.09. The van der Waals surface area contributed by atoms with Crippen LogP contribution in [0.25, 0.3) is 10.4 Å². The molecule has 0 saturated carbocycles. The zero-order valence-electron chi connectivity index (χ0n) is 21.5. The average molecular weight is 564 g/mol. The first-order valence-corrected chi connectivity index (χ1v) is 12.8. The maximum Gasteiger partial charge on any atom is 0.408 e. The minimum absolute atomic E-state index is 0.0478. The molecule has 0 bridgehead atoms. The zero-order valence-corrected chi connectivity index (χ0v) is 22.3. The van der Waals surface area contributed by atoms with Crippen LogP contribution in [0.15, 0.2) is 12.3 Å². The van der Waals surface area contributed by atoms with E-state index < -0.39 is 53.5 Å². The van der Waals surface area contributed by atoms with Crippen LogP contribution in [0.1, 0.15) is 79.7 Å². The lowest BCUT2D eigenvalue weighted by molar-refractivity contribution is -0.138. The first-order chi connectivity index (χ1) is 17.5. The Kier molecular flexibility index (Phi) is 8.66. The van der Waals surface area contributed by atoms with Crippen LogP contribution in [0.2, 0.25) is 0 Å². The molecule has 0 aliphatic carbocycles. The third-order valence-corrected chi connectivity index (χ3v) is 7.60. The fraction of sp³-hybridized carbons (Fsp3) is 0.583. The van der Waals surface area contributed by atoms with Crippen LogP contribution < -0.4 is 10.6 Å². The summed E-state index contributed by atoms with van der Waals surface area (Å²) in [6.45, 7) is 7.64. The van der Waals surface area contributed by atoms with Gasteiger partial charge in [-0.15, -0.1) is 11.3 Å². The maximum absolute atomic E-state index is 14.1. The highest BCUT2D eigenvalue weighted by molar-refractivity contribution is 7.17. The molecule has 0 spiro atoms. The van der Waals surface area contributed by atoms with E-state index in [1.54, 1.807) is 6.92 Å². The number of thiazole rings is 1. The molecule has 3 N–H and O–H groups in total. The molecule has 3 atom stereocenters. The van der Waals surface area contributed by atoms with E-state index in [1.165, 1.54) is 18.7 Å². The van der Waals surface area contributed by atoms with Crippen molar-refractivity contribution in [3.05, 3.63) is 28.5 Å². The topological polar surface area (TPSA) is 107 Å². The van der Waals surface area contributed by atoms with Gasteiger partial charge in [-0.05, 0) is 53.5 Å². The molecule has 1 saturated heterocycles. The number of pyridine rings is 1. The largest absolute Gasteiger partial charge is 0.408 e. The third kappa shape index (κ3) is 6.57. The van der Waals surface area contributed by atoms with Gasteiger partial charge in [-0.25, -0.2) is 18.7 Å². The van der Waals surface area contributed by atoms with Crippen molar-refractivity contribution in [1.29, 1.82) is 0 Å². The van der Waals surface area contributed by atoms with E-state index in [4.69, 9.17) is 0 Å². The second-order valence-electron chi connectivity index (χ2n) is 9.90. The molecule has 210 valence electrons. The molecular formula is C24H30F5N5O3S. The highest BCUT2D eigenvalue weighted by Gasteiger charge is 2.37. The molecule has 1 fully saturated rings. The molecule has 1 unspecified atom stereocenters. The molecule has 0 aromatic carbocycles. The van der Waals surface area contributed by atoms with Crippen LogP contribution in [0, 0.1) is 0 Å². The van der Waals surface area contributed by atoms with Gasteiger partial charge < -0.3 is 20.6 Å². The van der Waals surface area contributed by atoms with Gasteiger partial charge in [0.15, 0.2) is 5.01 Å². The summed E-state index contributed by atoms with van der Waals surface area (Å²) < 4.78 is 67.1. The first-order valence-electron chi connectivity index (χ1n) is 12.0. The Morgan fingerprint density at radius 1 is 1.21 bits per heavy atom. The van der Waals surface area contributed by atoms with Crippen LogP contribution >= 0.6 is 11.3 Å². The fourth-order valence-electron chi connectivity index (χ4n) is 3.77. The quantitative estimate of drug-likeness (QED) is 0.390. The van der Waals surface area contributed by atoms with E-state index in [0.717, 1.165) is 32.0 Å². The van der Waals surface area contributed by atoms with Gasteiger partial charge in [0.05, 0.1) is 16.5 Å². The van der Waals surface area contributed by atoms with Crippen molar-refractivity contribution in [2.75, 3.05) is 11.9 Å². The summed E-state index contributed by atoms with van der Waals surface area (Å²) in [4.78, 5) is 35.9. The van der Waals surface area contributed by atoms with Gasteiger partial charge in [0.25, 0.3) is 18.2 Å². The lowest BCUT2D eigenvalue weighted by Crippen LogP contribution is -2.47. The number of halogens is 5. The summed E-state index contributed by atoms with van der Waals surface area (Å²) in [7, 11) is 0. The second-order valence-corrected chi connectivity index (χ2v) is 10.9. The maximum atomic E-state index is 14.1. The van der Waals surface area contributed by atoms with Crippen molar-refractivity contribution in [1.82, 2.24) is 20.2 Å². The molecular weight excluding hydrogens is 533 g/mol. The smallest absolute Gasteiger partial charge is 0.388 e. The molecule has 8 nitrogen and oxygen atoms in total. The van der Waals surface area contributed by atoms with Crippen LogP contribution in [-0.4, -0.2) is 68.2 Å². The van der Waals surface area contributed by atoms with Gasteiger partial charge in [-0.3, -0.25) is 9.59 Å². The first kappa shape index (κ1) is 29.7. The van der Waals surface area contributed by atoms with E-state index in [0.29, 0.717) is 17.9 Å². The van der Waals surface area contributed by atoms with Gasteiger partial charge in [0.2, 0.25) is 0 Å². The third-order valence-electron chi connectivity index (χ3n) is 6.52. The highest BCUT2D eigenvalue weighted by Crippen LogP contribution is 2.39. The van der Waals surface area contributed by atoms with E-state index in [1.807, 2.05) is 6.92 Å². The van der Waals surface area contributed by atoms with Gasteiger partial charge >= 0.3 is 6.18 Å². The number of likely N-dealkylation sites (tertiary alicyclic amines) is 1. The minimum atomic E-state index is -4.63. The summed E-state index contributed by atoms with van der Waals surface area (Å²) in [6, 6.07) is -2.09. The van der Waals surface area contributed by atoms with Crippen molar-refractivity contribution in [2.45, 2.75) is 83.8 Å². The van der Waals surface area contributed by atoms with E-state index in [9.17, 15) is 36.6 Å². The number of amides is 2. The van der Waals surface area contributed by atoms with Crippen molar-refractivity contribution < 1.29 is 36.6 Å². The Morgan fingerprint density at radius 3 is 2.39 bits per heavy atom. The summed E-state index contributed by atoms with van der Waals surface area (Å²) >= 11 is 0.691.